The highest BCUT2D eigenvalue weighted by Crippen LogP contribution is 2.05. The molecule has 0 saturated carbocycles. The maximum Gasteiger partial charge on any atom is 0.326 e. The Hall–Kier alpha value is -3.30. The molecule has 0 saturated heterocycles. The van der Waals surface area contributed by atoms with Crippen LogP contribution in [0.1, 0.15) is 32.6 Å². The van der Waals surface area contributed by atoms with Crippen molar-refractivity contribution in [1.82, 2.24) is 16.0 Å². The largest absolute Gasteiger partial charge is 0.481 e. The van der Waals surface area contributed by atoms with Crippen molar-refractivity contribution < 1.29 is 54.3 Å². The van der Waals surface area contributed by atoms with E-state index in [9.17, 15) is 33.9 Å². The van der Waals surface area contributed by atoms with Crippen LogP contribution >= 0.6 is 0 Å². The third-order valence-electron chi connectivity index (χ3n) is 4.14. The summed E-state index contributed by atoms with van der Waals surface area (Å²) >= 11 is 0. The molecule has 0 spiro atoms. The van der Waals surface area contributed by atoms with Gasteiger partial charge in [-0.05, 0) is 19.8 Å². The van der Waals surface area contributed by atoms with Crippen LogP contribution in [-0.4, -0.2) is 98.0 Å². The minimum absolute atomic E-state index is 0.471. The Morgan fingerprint density at radius 3 is 1.66 bits per heavy atom. The van der Waals surface area contributed by atoms with Gasteiger partial charge in [-0.25, -0.2) is 4.79 Å². The van der Waals surface area contributed by atoms with E-state index in [1.165, 1.54) is 0 Å². The monoisotopic (exact) mass is 464 g/mol. The van der Waals surface area contributed by atoms with Gasteiger partial charge in [0, 0.05) is 12.8 Å². The first-order valence-corrected chi connectivity index (χ1v) is 9.42. The summed E-state index contributed by atoms with van der Waals surface area (Å²) in [7, 11) is 0. The van der Waals surface area contributed by atoms with Gasteiger partial charge in [0.25, 0.3) is 0 Å². The molecular formula is C17H28N4O11. The van der Waals surface area contributed by atoms with Crippen LogP contribution in [0.15, 0.2) is 0 Å². The van der Waals surface area contributed by atoms with Crippen molar-refractivity contribution in [1.29, 1.82) is 0 Å². The van der Waals surface area contributed by atoms with Gasteiger partial charge in [-0.3, -0.25) is 24.0 Å². The normalized spacial score (nSPS) is 15.4. The first-order chi connectivity index (χ1) is 14.8. The Kier molecular flexibility index (Phi) is 12.5. The van der Waals surface area contributed by atoms with E-state index >= 15 is 0 Å². The van der Waals surface area contributed by atoms with Crippen LogP contribution in [0.2, 0.25) is 0 Å². The maximum atomic E-state index is 12.5. The minimum atomic E-state index is -1.64. The third-order valence-corrected chi connectivity index (χ3v) is 4.14. The van der Waals surface area contributed by atoms with Gasteiger partial charge in [0.05, 0.1) is 12.7 Å². The Balaban J connectivity index is 5.48. The van der Waals surface area contributed by atoms with E-state index in [-0.39, 0.29) is 0 Å². The Morgan fingerprint density at radius 1 is 0.781 bits per heavy atom. The molecule has 0 heterocycles. The lowest BCUT2D eigenvalue weighted by Gasteiger charge is -2.26. The quantitative estimate of drug-likeness (QED) is 0.112. The highest BCUT2D eigenvalue weighted by Gasteiger charge is 2.32. The summed E-state index contributed by atoms with van der Waals surface area (Å²) < 4.78 is 0. The van der Waals surface area contributed by atoms with Gasteiger partial charge >= 0.3 is 17.9 Å². The average molecular weight is 464 g/mol. The Morgan fingerprint density at radius 2 is 1.25 bits per heavy atom. The number of carbonyl (C=O) groups excluding carboxylic acids is 3. The van der Waals surface area contributed by atoms with Crippen molar-refractivity contribution in [3.8, 4) is 0 Å². The predicted octanol–water partition coefficient (Wildman–Crippen LogP) is -4.04. The molecule has 0 bridgehead atoms. The van der Waals surface area contributed by atoms with E-state index < -0.39 is 98.2 Å². The van der Waals surface area contributed by atoms with Gasteiger partial charge < -0.3 is 47.2 Å². The first-order valence-electron chi connectivity index (χ1n) is 9.42. The second-order valence-electron chi connectivity index (χ2n) is 6.84. The van der Waals surface area contributed by atoms with Gasteiger partial charge in [-0.2, -0.15) is 0 Å². The third kappa shape index (κ3) is 10.6. The summed E-state index contributed by atoms with van der Waals surface area (Å²) in [6, 6.07) is -6.25. The molecule has 0 aromatic heterocycles. The molecule has 3 amide bonds. The number of carboxylic acids is 3. The molecule has 0 aromatic rings. The zero-order valence-corrected chi connectivity index (χ0v) is 17.2. The van der Waals surface area contributed by atoms with E-state index in [0.717, 1.165) is 6.92 Å². The van der Waals surface area contributed by atoms with Crippen LogP contribution in [0.25, 0.3) is 0 Å². The fourth-order valence-corrected chi connectivity index (χ4v) is 2.34. The van der Waals surface area contributed by atoms with Crippen LogP contribution in [0.4, 0.5) is 0 Å². The number of aliphatic hydroxyl groups is 2. The second-order valence-corrected chi connectivity index (χ2v) is 6.84. The highest BCUT2D eigenvalue weighted by molar-refractivity contribution is 5.94. The molecule has 5 atom stereocenters. The molecule has 15 nitrogen and oxygen atoms in total. The number of aliphatic hydroxyl groups excluding tert-OH is 2. The van der Waals surface area contributed by atoms with E-state index in [1.54, 1.807) is 0 Å². The number of aliphatic carboxylic acids is 3. The topological polar surface area (TPSA) is 266 Å². The number of carboxylic acid groups (broad SMARTS) is 3. The molecule has 10 N–H and O–H groups in total. The van der Waals surface area contributed by atoms with Crippen molar-refractivity contribution >= 4 is 35.6 Å². The first kappa shape index (κ1) is 28.7. The summed E-state index contributed by atoms with van der Waals surface area (Å²) in [6.45, 7) is 0.379. The van der Waals surface area contributed by atoms with Crippen LogP contribution in [0.3, 0.4) is 0 Å². The predicted molar refractivity (Wildman–Crippen MR) is 104 cm³/mol. The molecule has 0 aliphatic rings. The van der Waals surface area contributed by atoms with Crippen LogP contribution < -0.4 is 21.7 Å². The summed E-state index contributed by atoms with van der Waals surface area (Å²) in [6.07, 6.45) is -3.62. The van der Waals surface area contributed by atoms with Gasteiger partial charge in [0.1, 0.15) is 24.2 Å². The van der Waals surface area contributed by atoms with Crippen LogP contribution in [0, 0.1) is 0 Å². The Bertz CT molecular complexity index is 713. The average Bonchev–Trinajstić information content (AvgIpc) is 2.70. The van der Waals surface area contributed by atoms with E-state index in [0.29, 0.717) is 0 Å². The van der Waals surface area contributed by atoms with E-state index in [2.05, 4.69) is 10.6 Å². The number of amides is 3. The molecule has 0 aliphatic heterocycles. The number of carbonyl (C=O) groups is 6. The maximum absolute atomic E-state index is 12.5. The molecule has 0 fully saturated rings. The smallest absolute Gasteiger partial charge is 0.326 e. The lowest BCUT2D eigenvalue weighted by Crippen LogP contribution is -2.60. The van der Waals surface area contributed by atoms with Crippen molar-refractivity contribution in [2.45, 2.75) is 62.9 Å². The molecular weight excluding hydrogens is 436 g/mol. The van der Waals surface area contributed by atoms with Crippen molar-refractivity contribution in [2.24, 2.45) is 5.73 Å². The second kappa shape index (κ2) is 13.9. The minimum Gasteiger partial charge on any atom is -0.481 e. The summed E-state index contributed by atoms with van der Waals surface area (Å²) in [4.78, 5) is 69.6. The number of hydrogen-bond acceptors (Lipinski definition) is 9. The Labute approximate surface area is 182 Å². The number of nitrogens with two attached hydrogens (primary N) is 1. The van der Waals surface area contributed by atoms with Crippen molar-refractivity contribution in [2.75, 3.05) is 6.61 Å². The summed E-state index contributed by atoms with van der Waals surface area (Å²) in [5, 5.41) is 51.6. The lowest BCUT2D eigenvalue weighted by atomic mass is 10.1. The van der Waals surface area contributed by atoms with Crippen molar-refractivity contribution in [3.05, 3.63) is 0 Å². The molecule has 15 heteroatoms. The molecule has 0 radical (unpaired) electrons. The highest BCUT2D eigenvalue weighted by atomic mass is 16.4. The molecule has 32 heavy (non-hydrogen) atoms. The van der Waals surface area contributed by atoms with E-state index in [4.69, 9.17) is 26.2 Å². The van der Waals surface area contributed by atoms with Crippen LogP contribution in [-0.2, 0) is 28.8 Å². The molecule has 5 unspecified atom stereocenters. The zero-order valence-electron chi connectivity index (χ0n) is 17.2. The fraction of sp³-hybridized carbons (Fsp3) is 0.647. The lowest BCUT2D eigenvalue weighted by molar-refractivity contribution is -0.144. The SMILES string of the molecule is CC(O)C(NC(=O)C(N)CO)C(=O)NC(CCC(=O)O)C(=O)NC(CCC(=O)O)C(=O)O. The van der Waals surface area contributed by atoms with Crippen molar-refractivity contribution in [3.63, 3.8) is 0 Å². The number of rotatable bonds is 15. The van der Waals surface area contributed by atoms with E-state index in [1.807, 2.05) is 5.32 Å². The zero-order chi connectivity index (χ0) is 25.0. The van der Waals surface area contributed by atoms with Gasteiger partial charge in [0.15, 0.2) is 0 Å². The number of hydrogen-bond donors (Lipinski definition) is 9. The molecule has 182 valence electrons. The fourth-order valence-electron chi connectivity index (χ4n) is 2.34. The summed E-state index contributed by atoms with van der Waals surface area (Å²) in [5.41, 5.74) is 5.33. The molecule has 0 aromatic carbocycles. The van der Waals surface area contributed by atoms with Gasteiger partial charge in [0.2, 0.25) is 17.7 Å². The standard InChI is InChI=1S/C17H28N4O11/c1-7(23)13(21-14(28)8(18)6-22)16(30)19-9(2-4-11(24)25)15(29)20-10(17(31)32)3-5-12(26)27/h7-10,13,22-23H,2-6,18H2,1H3,(H,19,30)(H,20,29)(H,21,28)(H,24,25)(H,26,27)(H,31,32). The molecule has 0 rings (SSSR count). The van der Waals surface area contributed by atoms with Crippen LogP contribution in [0.5, 0.6) is 0 Å². The number of nitrogens with one attached hydrogen (secondary N) is 3. The van der Waals surface area contributed by atoms with Gasteiger partial charge in [-0.15, -0.1) is 0 Å². The molecule has 0 aliphatic carbocycles. The summed E-state index contributed by atoms with van der Waals surface area (Å²) in [5.74, 6) is -7.39. The van der Waals surface area contributed by atoms with Gasteiger partial charge in [-0.1, -0.05) is 0 Å².